The predicted molar refractivity (Wildman–Crippen MR) is 68.4 cm³/mol. The molecule has 1 aromatic carbocycles. The first-order chi connectivity index (χ1) is 6.70. The van der Waals surface area contributed by atoms with E-state index in [1.807, 2.05) is 6.92 Å². The lowest BCUT2D eigenvalue weighted by molar-refractivity contribution is 1.42. The third-order valence-corrected chi connectivity index (χ3v) is 2.92. The lowest BCUT2D eigenvalue weighted by atomic mass is 10.0. The first-order valence-corrected chi connectivity index (χ1v) is 5.88. The number of hydrogen-bond acceptors (Lipinski definition) is 1. The van der Waals surface area contributed by atoms with Gasteiger partial charge in [-0.25, -0.2) is 0 Å². The molecule has 0 aromatic heterocycles. The molecule has 0 unspecified atom stereocenters. The van der Waals surface area contributed by atoms with Crippen molar-refractivity contribution in [1.29, 1.82) is 0 Å². The van der Waals surface area contributed by atoms with Gasteiger partial charge in [-0.3, -0.25) is 0 Å². The lowest BCUT2D eigenvalue weighted by Crippen LogP contribution is -1.88. The van der Waals surface area contributed by atoms with E-state index in [4.69, 9.17) is 0 Å². The Kier molecular flexibility index (Phi) is 4.02. The zero-order valence-electron chi connectivity index (χ0n) is 9.00. The molecular weight excluding hydrogens is 188 g/mol. The summed E-state index contributed by atoms with van der Waals surface area (Å²) in [4.78, 5) is 1.13. The Labute approximate surface area is 90.7 Å². The second-order valence-electron chi connectivity index (χ2n) is 3.16. The monoisotopic (exact) mass is 204 g/mol. The molecule has 0 amide bonds. The van der Waals surface area contributed by atoms with E-state index in [0.29, 0.717) is 0 Å². The highest BCUT2D eigenvalue weighted by Crippen LogP contribution is 2.28. The fraction of sp³-hybridized carbons (Fsp3) is 0.231. The van der Waals surface area contributed by atoms with Gasteiger partial charge >= 0.3 is 0 Å². The van der Waals surface area contributed by atoms with E-state index in [9.17, 15) is 0 Å². The third-order valence-electron chi connectivity index (χ3n) is 2.20. The van der Waals surface area contributed by atoms with Crippen LogP contribution in [0.15, 0.2) is 30.9 Å². The van der Waals surface area contributed by atoms with Crippen molar-refractivity contribution >= 4 is 22.7 Å². The summed E-state index contributed by atoms with van der Waals surface area (Å²) in [6.45, 7) is 8.23. The van der Waals surface area contributed by atoms with Gasteiger partial charge < -0.3 is 0 Å². The Morgan fingerprint density at radius 2 is 2.14 bits per heavy atom. The highest BCUT2D eigenvalue weighted by Gasteiger charge is 2.04. The van der Waals surface area contributed by atoms with Gasteiger partial charge in [0.25, 0.3) is 0 Å². The van der Waals surface area contributed by atoms with Crippen LogP contribution in [0, 0.1) is 6.92 Å². The van der Waals surface area contributed by atoms with E-state index in [2.05, 4.69) is 50.1 Å². The highest BCUT2D eigenvalue weighted by molar-refractivity contribution is 8.07. The number of benzene rings is 1. The summed E-state index contributed by atoms with van der Waals surface area (Å²) in [5.74, 6) is 0. The maximum absolute atomic E-state index is 4.06. The Hall–Kier alpha value is -0.950. The minimum Gasteiger partial charge on any atom is -0.130 e. The van der Waals surface area contributed by atoms with Crippen LogP contribution >= 0.6 is 11.8 Å². The van der Waals surface area contributed by atoms with Crippen LogP contribution in [-0.2, 0) is 0 Å². The zero-order chi connectivity index (χ0) is 10.6. The van der Waals surface area contributed by atoms with E-state index >= 15 is 0 Å². The molecule has 0 saturated heterocycles. The number of hydrogen-bond donors (Lipinski definition) is 0. The molecule has 1 rings (SSSR count). The summed E-state index contributed by atoms with van der Waals surface area (Å²) in [6, 6.07) is 6.34. The standard InChI is InChI=1S/C13H16S/c1-5-7-12-10(2)8-6-9-13(12)11(3)14-4/h5-9H,3H2,1-2,4H3/b7-5-. The third kappa shape index (κ3) is 2.30. The average Bonchev–Trinajstić information content (AvgIpc) is 2.20. The fourth-order valence-electron chi connectivity index (χ4n) is 1.42. The molecule has 0 N–H and O–H groups in total. The Balaban J connectivity index is 3.27. The van der Waals surface area contributed by atoms with Crippen LogP contribution in [0.5, 0.6) is 0 Å². The minimum absolute atomic E-state index is 1.13. The SMILES string of the molecule is C=C(SC)c1cccc(C)c1/C=C\C. The number of aryl methyl sites for hydroxylation is 1. The fourth-order valence-corrected chi connectivity index (χ4v) is 1.82. The Morgan fingerprint density at radius 3 is 2.71 bits per heavy atom. The van der Waals surface area contributed by atoms with Crippen LogP contribution in [0.25, 0.3) is 11.0 Å². The van der Waals surface area contributed by atoms with Gasteiger partial charge in [0.2, 0.25) is 0 Å². The molecule has 1 aromatic rings. The number of allylic oxidation sites excluding steroid dienone is 1. The van der Waals surface area contributed by atoms with Gasteiger partial charge in [-0.05, 0) is 36.8 Å². The summed E-state index contributed by atoms with van der Waals surface area (Å²) in [5, 5.41) is 0. The molecule has 0 aliphatic heterocycles. The van der Waals surface area contributed by atoms with E-state index in [1.54, 1.807) is 11.8 Å². The maximum atomic E-state index is 4.06. The molecule has 0 spiro atoms. The minimum atomic E-state index is 1.13. The van der Waals surface area contributed by atoms with Crippen LogP contribution in [0.3, 0.4) is 0 Å². The van der Waals surface area contributed by atoms with Crippen molar-refractivity contribution in [3.8, 4) is 0 Å². The first-order valence-electron chi connectivity index (χ1n) is 4.66. The zero-order valence-corrected chi connectivity index (χ0v) is 9.82. The molecule has 14 heavy (non-hydrogen) atoms. The molecular formula is C13H16S. The van der Waals surface area contributed by atoms with Crippen LogP contribution in [0.1, 0.15) is 23.6 Å². The van der Waals surface area contributed by atoms with Gasteiger partial charge in [-0.2, -0.15) is 0 Å². The average molecular weight is 204 g/mol. The second-order valence-corrected chi connectivity index (χ2v) is 4.06. The molecule has 0 nitrogen and oxygen atoms in total. The molecule has 0 bridgehead atoms. The van der Waals surface area contributed by atoms with E-state index in [-0.39, 0.29) is 0 Å². The van der Waals surface area contributed by atoms with Crippen molar-refractivity contribution in [1.82, 2.24) is 0 Å². The Morgan fingerprint density at radius 1 is 1.43 bits per heavy atom. The van der Waals surface area contributed by atoms with Gasteiger partial charge in [-0.15, -0.1) is 11.8 Å². The molecule has 0 radical (unpaired) electrons. The molecule has 0 fully saturated rings. The van der Waals surface area contributed by atoms with Gasteiger partial charge in [0.1, 0.15) is 0 Å². The predicted octanol–water partition coefficient (Wildman–Crippen LogP) is 4.36. The lowest BCUT2D eigenvalue weighted by Gasteiger charge is -2.09. The van der Waals surface area contributed by atoms with E-state index in [0.717, 1.165) is 4.91 Å². The largest absolute Gasteiger partial charge is 0.130 e. The van der Waals surface area contributed by atoms with Crippen LogP contribution < -0.4 is 0 Å². The Bertz CT molecular complexity index is 361. The molecule has 74 valence electrons. The van der Waals surface area contributed by atoms with Crippen LogP contribution in [-0.4, -0.2) is 6.26 Å². The summed E-state index contributed by atoms with van der Waals surface area (Å²) < 4.78 is 0. The summed E-state index contributed by atoms with van der Waals surface area (Å²) >= 11 is 1.70. The molecule has 0 aliphatic rings. The molecule has 0 atom stereocenters. The van der Waals surface area contributed by atoms with Crippen LogP contribution in [0.4, 0.5) is 0 Å². The molecule has 0 heterocycles. The van der Waals surface area contributed by atoms with E-state index in [1.165, 1.54) is 16.7 Å². The van der Waals surface area contributed by atoms with Gasteiger partial charge in [0.15, 0.2) is 0 Å². The summed E-state index contributed by atoms with van der Waals surface area (Å²) in [5.41, 5.74) is 3.83. The van der Waals surface area contributed by atoms with Crippen molar-refractivity contribution in [3.05, 3.63) is 47.5 Å². The van der Waals surface area contributed by atoms with Crippen molar-refractivity contribution in [2.75, 3.05) is 6.26 Å². The van der Waals surface area contributed by atoms with Crippen molar-refractivity contribution in [2.24, 2.45) is 0 Å². The highest BCUT2D eigenvalue weighted by atomic mass is 32.2. The topological polar surface area (TPSA) is 0 Å². The first kappa shape index (κ1) is 11.1. The normalized spacial score (nSPS) is 10.8. The van der Waals surface area contributed by atoms with Crippen LogP contribution in [0.2, 0.25) is 0 Å². The number of thioether (sulfide) groups is 1. The molecule has 0 aliphatic carbocycles. The number of rotatable bonds is 3. The quantitative estimate of drug-likeness (QED) is 0.705. The van der Waals surface area contributed by atoms with Gasteiger partial charge in [0.05, 0.1) is 0 Å². The second kappa shape index (κ2) is 5.06. The van der Waals surface area contributed by atoms with Gasteiger partial charge in [-0.1, -0.05) is 36.9 Å². The smallest absolute Gasteiger partial charge is 0.00758 e. The van der Waals surface area contributed by atoms with Crippen molar-refractivity contribution < 1.29 is 0 Å². The maximum Gasteiger partial charge on any atom is 0.00758 e. The van der Waals surface area contributed by atoms with Crippen molar-refractivity contribution in [3.63, 3.8) is 0 Å². The van der Waals surface area contributed by atoms with E-state index < -0.39 is 0 Å². The van der Waals surface area contributed by atoms with Crippen molar-refractivity contribution in [2.45, 2.75) is 13.8 Å². The molecule has 1 heteroatoms. The summed E-state index contributed by atoms with van der Waals surface area (Å²) in [6.07, 6.45) is 6.27. The summed E-state index contributed by atoms with van der Waals surface area (Å²) in [7, 11) is 0. The molecule has 0 saturated carbocycles. The van der Waals surface area contributed by atoms with Gasteiger partial charge in [0, 0.05) is 4.91 Å².